The number of nitrogens with zero attached hydrogens (tertiary/aromatic N) is 1. The van der Waals surface area contributed by atoms with Crippen LogP contribution in [0.25, 0.3) is 0 Å². The molecule has 2 amide bonds. The molecule has 3 rings (SSSR count). The molecular formula is C20H22N2O4S. The summed E-state index contributed by atoms with van der Waals surface area (Å²) in [5, 5.41) is 2.95. The van der Waals surface area contributed by atoms with Crippen LogP contribution in [0, 0.1) is 0 Å². The Labute approximate surface area is 162 Å². The highest BCUT2D eigenvalue weighted by Crippen LogP contribution is 2.35. The maximum Gasteiger partial charge on any atom is 0.240 e. The van der Waals surface area contributed by atoms with E-state index < -0.39 is 0 Å². The van der Waals surface area contributed by atoms with Gasteiger partial charge in [-0.3, -0.25) is 9.59 Å². The molecule has 1 N–H and O–H groups in total. The number of fused-ring (bicyclic) bond motifs is 1. The second-order valence-electron chi connectivity index (χ2n) is 6.14. The van der Waals surface area contributed by atoms with Crippen molar-refractivity contribution in [1.82, 2.24) is 5.32 Å². The van der Waals surface area contributed by atoms with E-state index in [0.717, 1.165) is 16.1 Å². The summed E-state index contributed by atoms with van der Waals surface area (Å²) in [5.74, 6) is 1.30. The summed E-state index contributed by atoms with van der Waals surface area (Å²) in [6, 6.07) is 12.9. The van der Waals surface area contributed by atoms with Gasteiger partial charge in [-0.2, -0.15) is 0 Å². The second kappa shape index (κ2) is 8.35. The van der Waals surface area contributed by atoms with Crippen molar-refractivity contribution >= 4 is 29.3 Å². The number of hydrogen-bond donors (Lipinski definition) is 1. The zero-order chi connectivity index (χ0) is 19.4. The summed E-state index contributed by atoms with van der Waals surface area (Å²) in [4.78, 5) is 27.4. The number of methoxy groups -OCH3 is 2. The maximum absolute atomic E-state index is 12.6. The van der Waals surface area contributed by atoms with E-state index in [-0.39, 0.29) is 24.4 Å². The van der Waals surface area contributed by atoms with Crippen molar-refractivity contribution < 1.29 is 19.1 Å². The van der Waals surface area contributed by atoms with Crippen molar-refractivity contribution in [2.24, 2.45) is 0 Å². The van der Waals surface area contributed by atoms with Gasteiger partial charge in [0.15, 0.2) is 11.5 Å². The van der Waals surface area contributed by atoms with Crippen molar-refractivity contribution in [3.63, 3.8) is 0 Å². The second-order valence-corrected chi connectivity index (χ2v) is 7.16. The third kappa shape index (κ3) is 4.19. The van der Waals surface area contributed by atoms with Crippen LogP contribution in [0.2, 0.25) is 0 Å². The Morgan fingerprint density at radius 3 is 2.67 bits per heavy atom. The Morgan fingerprint density at radius 1 is 1.19 bits per heavy atom. The molecule has 0 radical (unpaired) electrons. The van der Waals surface area contributed by atoms with Gasteiger partial charge in [0.1, 0.15) is 6.54 Å². The SMILES string of the molecule is COc1ccc([C@H](C)NC(=O)CN2C(=O)CSc3ccccc32)cc1OC. The number of ether oxygens (including phenoxy) is 2. The molecule has 0 bridgehead atoms. The Bertz CT molecular complexity index is 856. The number of carbonyl (C=O) groups is 2. The molecule has 1 atom stereocenters. The summed E-state index contributed by atoms with van der Waals surface area (Å²) in [6.07, 6.45) is 0. The smallest absolute Gasteiger partial charge is 0.240 e. The lowest BCUT2D eigenvalue weighted by Crippen LogP contribution is -2.43. The topological polar surface area (TPSA) is 67.9 Å². The van der Waals surface area contributed by atoms with Crippen LogP contribution in [0.1, 0.15) is 18.5 Å². The number of nitrogens with one attached hydrogen (secondary N) is 1. The van der Waals surface area contributed by atoms with Gasteiger partial charge in [0.05, 0.1) is 31.7 Å². The molecule has 0 spiro atoms. The number of para-hydroxylation sites is 1. The van der Waals surface area contributed by atoms with Crippen LogP contribution in [0.3, 0.4) is 0 Å². The fourth-order valence-corrected chi connectivity index (χ4v) is 3.90. The summed E-state index contributed by atoms with van der Waals surface area (Å²) in [6.45, 7) is 1.88. The van der Waals surface area contributed by atoms with Crippen LogP contribution < -0.4 is 19.7 Å². The van der Waals surface area contributed by atoms with Crippen LogP contribution in [0.5, 0.6) is 11.5 Å². The first-order valence-electron chi connectivity index (χ1n) is 8.57. The van der Waals surface area contributed by atoms with Crippen LogP contribution in [-0.4, -0.2) is 38.3 Å². The van der Waals surface area contributed by atoms with Crippen LogP contribution in [0.15, 0.2) is 47.4 Å². The lowest BCUT2D eigenvalue weighted by Gasteiger charge is -2.28. The minimum absolute atomic E-state index is 0.00592. The average molecular weight is 386 g/mol. The van der Waals surface area contributed by atoms with Gasteiger partial charge in [-0.05, 0) is 36.8 Å². The predicted molar refractivity (Wildman–Crippen MR) is 106 cm³/mol. The number of amides is 2. The molecule has 0 unspecified atom stereocenters. The monoisotopic (exact) mass is 386 g/mol. The highest BCUT2D eigenvalue weighted by molar-refractivity contribution is 8.00. The molecule has 0 saturated carbocycles. The van der Waals surface area contributed by atoms with Gasteiger partial charge in [0.25, 0.3) is 0 Å². The Morgan fingerprint density at radius 2 is 1.93 bits per heavy atom. The maximum atomic E-state index is 12.6. The molecule has 7 heteroatoms. The van der Waals surface area contributed by atoms with Crippen LogP contribution >= 0.6 is 11.8 Å². The number of benzene rings is 2. The lowest BCUT2D eigenvalue weighted by molar-refractivity contribution is -0.123. The van der Waals surface area contributed by atoms with Crippen molar-refractivity contribution in [2.45, 2.75) is 17.9 Å². The molecule has 0 saturated heterocycles. The van der Waals surface area contributed by atoms with Crippen LogP contribution in [-0.2, 0) is 9.59 Å². The molecule has 0 fully saturated rings. The zero-order valence-corrected chi connectivity index (χ0v) is 16.3. The fourth-order valence-electron chi connectivity index (χ4n) is 2.96. The molecule has 2 aromatic carbocycles. The first-order chi connectivity index (χ1) is 13.0. The zero-order valence-electron chi connectivity index (χ0n) is 15.5. The number of hydrogen-bond acceptors (Lipinski definition) is 5. The molecular weight excluding hydrogens is 364 g/mol. The molecule has 142 valence electrons. The number of rotatable bonds is 6. The Kier molecular flexibility index (Phi) is 5.91. The molecule has 1 aliphatic heterocycles. The molecule has 1 heterocycles. The normalized spacial score (nSPS) is 14.3. The number of anilines is 1. The van der Waals surface area contributed by atoms with Gasteiger partial charge < -0.3 is 19.7 Å². The van der Waals surface area contributed by atoms with Crippen molar-refractivity contribution in [2.75, 3.05) is 31.4 Å². The van der Waals surface area contributed by atoms with Gasteiger partial charge in [0, 0.05) is 4.90 Å². The van der Waals surface area contributed by atoms with E-state index in [1.165, 1.54) is 11.8 Å². The Balaban J connectivity index is 1.70. The molecule has 0 aliphatic carbocycles. The third-order valence-corrected chi connectivity index (χ3v) is 5.44. The molecule has 1 aliphatic rings. The van der Waals surface area contributed by atoms with Crippen molar-refractivity contribution in [1.29, 1.82) is 0 Å². The molecule has 27 heavy (non-hydrogen) atoms. The van der Waals surface area contributed by atoms with Gasteiger partial charge >= 0.3 is 0 Å². The fraction of sp³-hybridized carbons (Fsp3) is 0.300. The van der Waals surface area contributed by atoms with Crippen molar-refractivity contribution in [3.8, 4) is 11.5 Å². The third-order valence-electron chi connectivity index (χ3n) is 4.40. The van der Waals surface area contributed by atoms with Gasteiger partial charge in [0.2, 0.25) is 11.8 Å². The molecule has 6 nitrogen and oxygen atoms in total. The molecule has 0 aromatic heterocycles. The van der Waals surface area contributed by atoms with Crippen LogP contribution in [0.4, 0.5) is 5.69 Å². The predicted octanol–water partition coefficient (Wildman–Crippen LogP) is 3.02. The minimum Gasteiger partial charge on any atom is -0.493 e. The van der Waals surface area contributed by atoms with Gasteiger partial charge in [-0.25, -0.2) is 0 Å². The van der Waals surface area contributed by atoms with E-state index in [0.29, 0.717) is 17.3 Å². The summed E-state index contributed by atoms with van der Waals surface area (Å²) in [5.41, 5.74) is 1.68. The first-order valence-corrected chi connectivity index (χ1v) is 9.55. The summed E-state index contributed by atoms with van der Waals surface area (Å²) in [7, 11) is 3.15. The standard InChI is InChI=1S/C20H22N2O4S/c1-13(14-8-9-16(25-2)17(10-14)26-3)21-19(23)11-22-15-6-4-5-7-18(15)27-12-20(22)24/h4-10,13H,11-12H2,1-3H3,(H,21,23)/t13-/m0/s1. The Hall–Kier alpha value is -2.67. The number of thioether (sulfide) groups is 1. The van der Waals surface area contributed by atoms with E-state index in [1.54, 1.807) is 25.2 Å². The number of carbonyl (C=O) groups excluding carboxylic acids is 2. The quantitative estimate of drug-likeness (QED) is 0.827. The van der Waals surface area contributed by atoms with Gasteiger partial charge in [-0.15, -0.1) is 11.8 Å². The summed E-state index contributed by atoms with van der Waals surface area (Å²) < 4.78 is 10.6. The average Bonchev–Trinajstić information content (AvgIpc) is 2.69. The minimum atomic E-state index is -0.234. The largest absolute Gasteiger partial charge is 0.493 e. The lowest BCUT2D eigenvalue weighted by atomic mass is 10.1. The van der Waals surface area contributed by atoms with E-state index >= 15 is 0 Å². The van der Waals surface area contributed by atoms with E-state index in [1.807, 2.05) is 43.3 Å². The molecule has 2 aromatic rings. The summed E-state index contributed by atoms with van der Waals surface area (Å²) >= 11 is 1.50. The van der Waals surface area contributed by atoms with E-state index in [2.05, 4.69) is 5.32 Å². The van der Waals surface area contributed by atoms with E-state index in [9.17, 15) is 9.59 Å². The van der Waals surface area contributed by atoms with Crippen molar-refractivity contribution in [3.05, 3.63) is 48.0 Å². The van der Waals surface area contributed by atoms with Gasteiger partial charge in [-0.1, -0.05) is 18.2 Å². The highest BCUT2D eigenvalue weighted by atomic mass is 32.2. The highest BCUT2D eigenvalue weighted by Gasteiger charge is 2.26. The van der Waals surface area contributed by atoms with E-state index in [4.69, 9.17) is 9.47 Å². The first kappa shape index (κ1) is 19.1.